The summed E-state index contributed by atoms with van der Waals surface area (Å²) in [5, 5.41) is 0. The summed E-state index contributed by atoms with van der Waals surface area (Å²) in [6.07, 6.45) is 5.39. The fraction of sp³-hybridized carbons (Fsp3) is 0.643. The maximum absolute atomic E-state index is 12.7. The molecule has 1 atom stereocenters. The Hall–Kier alpha value is -1.85. The fourth-order valence-electron chi connectivity index (χ4n) is 3.00. The number of hydrogen-bond donors (Lipinski definition) is 2. The zero-order valence-corrected chi connectivity index (χ0v) is 11.3. The lowest BCUT2D eigenvalue weighted by Crippen LogP contribution is -2.46. The van der Waals surface area contributed by atoms with E-state index >= 15 is 0 Å². The number of carbonyl (C=O) groups excluding carboxylic acids is 2. The predicted molar refractivity (Wildman–Crippen MR) is 71.8 cm³/mol. The molecule has 6 heteroatoms. The summed E-state index contributed by atoms with van der Waals surface area (Å²) in [5.74, 6) is 0.713. The van der Waals surface area contributed by atoms with E-state index in [1.54, 1.807) is 0 Å². The normalized spacial score (nSPS) is 26.0. The Morgan fingerprint density at radius 3 is 2.55 bits per heavy atom. The minimum absolute atomic E-state index is 0.0649. The van der Waals surface area contributed by atoms with Crippen LogP contribution in [0.2, 0.25) is 0 Å². The minimum atomic E-state index is -0.281. The summed E-state index contributed by atoms with van der Waals surface area (Å²) < 4.78 is 0. The van der Waals surface area contributed by atoms with Crippen LogP contribution in [0.4, 0.5) is 5.95 Å². The van der Waals surface area contributed by atoms with Crippen LogP contribution in [0, 0.1) is 11.8 Å². The van der Waals surface area contributed by atoms with Crippen LogP contribution >= 0.6 is 0 Å². The zero-order chi connectivity index (χ0) is 13.9. The van der Waals surface area contributed by atoms with Gasteiger partial charge in [0.25, 0.3) is 5.91 Å². The number of fused-ring (bicyclic) bond motifs is 1. The van der Waals surface area contributed by atoms with Gasteiger partial charge in [-0.15, -0.1) is 0 Å². The molecule has 1 unspecified atom stereocenters. The second kappa shape index (κ2) is 4.07. The van der Waals surface area contributed by atoms with Crippen LogP contribution in [0.25, 0.3) is 0 Å². The van der Waals surface area contributed by atoms with Gasteiger partial charge >= 0.3 is 0 Å². The monoisotopic (exact) mass is 274 g/mol. The van der Waals surface area contributed by atoms with E-state index < -0.39 is 0 Å². The van der Waals surface area contributed by atoms with Gasteiger partial charge in [-0.1, -0.05) is 12.8 Å². The van der Waals surface area contributed by atoms with Crippen molar-refractivity contribution in [3.63, 3.8) is 0 Å². The first-order chi connectivity index (χ1) is 9.63. The van der Waals surface area contributed by atoms with Crippen LogP contribution in [0.5, 0.6) is 0 Å². The van der Waals surface area contributed by atoms with Crippen molar-refractivity contribution in [1.82, 2.24) is 14.9 Å². The Morgan fingerprint density at radius 2 is 1.90 bits per heavy atom. The lowest BCUT2D eigenvalue weighted by atomic mass is 9.91. The van der Waals surface area contributed by atoms with E-state index in [-0.39, 0.29) is 23.7 Å². The number of anilines is 1. The van der Waals surface area contributed by atoms with Gasteiger partial charge in [-0.3, -0.25) is 14.5 Å². The molecule has 106 valence electrons. The molecule has 20 heavy (non-hydrogen) atoms. The van der Waals surface area contributed by atoms with E-state index in [9.17, 15) is 9.59 Å². The highest BCUT2D eigenvalue weighted by Gasteiger charge is 2.44. The maximum Gasteiger partial charge on any atom is 0.281 e. The van der Waals surface area contributed by atoms with Crippen LogP contribution in [0.1, 0.15) is 54.2 Å². The molecule has 2 fully saturated rings. The number of aromatic nitrogens is 2. The number of amides is 2. The molecule has 3 N–H and O–H groups in total. The minimum Gasteiger partial charge on any atom is -0.369 e. The van der Waals surface area contributed by atoms with Crippen molar-refractivity contribution in [2.75, 3.05) is 12.3 Å². The molecular formula is C14H18N4O2. The Kier molecular flexibility index (Phi) is 2.43. The Labute approximate surface area is 116 Å². The molecule has 6 nitrogen and oxygen atoms in total. The first kappa shape index (κ1) is 11.9. The number of rotatable bonds is 4. The van der Waals surface area contributed by atoms with Crippen molar-refractivity contribution in [3.05, 3.63) is 11.4 Å². The number of nitrogens with one attached hydrogen (secondary N) is 1. The van der Waals surface area contributed by atoms with Gasteiger partial charge in [-0.2, -0.15) is 0 Å². The van der Waals surface area contributed by atoms with Gasteiger partial charge in [0.1, 0.15) is 0 Å². The molecule has 0 aromatic carbocycles. The fourth-order valence-corrected chi connectivity index (χ4v) is 3.00. The van der Waals surface area contributed by atoms with Crippen LogP contribution in [0.3, 0.4) is 0 Å². The summed E-state index contributed by atoms with van der Waals surface area (Å²) in [5.41, 5.74) is 6.68. The zero-order valence-electron chi connectivity index (χ0n) is 11.3. The molecule has 2 heterocycles. The van der Waals surface area contributed by atoms with Gasteiger partial charge in [0.2, 0.25) is 5.91 Å². The molecule has 1 aromatic rings. The van der Waals surface area contributed by atoms with Crippen LogP contribution in [0.15, 0.2) is 0 Å². The predicted octanol–water partition coefficient (Wildman–Crippen LogP) is 1.27. The number of imidazole rings is 1. The number of carbonyl (C=O) groups is 2. The largest absolute Gasteiger partial charge is 0.369 e. The van der Waals surface area contributed by atoms with Gasteiger partial charge in [-0.25, -0.2) is 4.98 Å². The number of aromatic amines is 1. The Bertz CT molecular complexity index is 586. The van der Waals surface area contributed by atoms with Crippen molar-refractivity contribution in [2.24, 2.45) is 11.8 Å². The highest BCUT2D eigenvalue weighted by atomic mass is 16.2. The molecule has 0 bridgehead atoms. The Morgan fingerprint density at radius 1 is 1.20 bits per heavy atom. The molecule has 2 amide bonds. The summed E-state index contributed by atoms with van der Waals surface area (Å²) in [4.78, 5) is 33.5. The number of imide groups is 1. The SMILES string of the molecule is Nc1nc2c([nH]1)C(CC1CC1)C(=O)N(CC1CC1)C2=O. The highest BCUT2D eigenvalue weighted by Crippen LogP contribution is 2.42. The molecule has 2 aliphatic carbocycles. The molecule has 3 aliphatic rings. The smallest absolute Gasteiger partial charge is 0.281 e. The quantitative estimate of drug-likeness (QED) is 0.809. The molecule has 2 saturated carbocycles. The van der Waals surface area contributed by atoms with E-state index in [4.69, 9.17) is 5.73 Å². The molecule has 0 spiro atoms. The average molecular weight is 274 g/mol. The van der Waals surface area contributed by atoms with Gasteiger partial charge in [0, 0.05) is 6.54 Å². The van der Waals surface area contributed by atoms with Crippen molar-refractivity contribution >= 4 is 17.8 Å². The summed E-state index contributed by atoms with van der Waals surface area (Å²) >= 11 is 0. The standard InChI is InChI=1S/C14H18N4O2/c15-14-16-10-9(5-7-1-2-7)12(19)18(6-8-3-4-8)13(20)11(10)17-14/h7-9H,1-6H2,(H3,15,16,17). The molecule has 0 saturated heterocycles. The highest BCUT2D eigenvalue weighted by molar-refractivity contribution is 6.10. The summed E-state index contributed by atoms with van der Waals surface area (Å²) in [7, 11) is 0. The number of nitrogens with two attached hydrogens (primary N) is 1. The van der Waals surface area contributed by atoms with Crippen LogP contribution in [-0.2, 0) is 4.79 Å². The van der Waals surface area contributed by atoms with Gasteiger partial charge < -0.3 is 10.7 Å². The van der Waals surface area contributed by atoms with Gasteiger partial charge in [0.05, 0.1) is 11.6 Å². The number of nitrogens with zero attached hydrogens (tertiary/aromatic N) is 2. The second-order valence-corrected chi connectivity index (χ2v) is 6.31. The number of hydrogen-bond acceptors (Lipinski definition) is 4. The van der Waals surface area contributed by atoms with E-state index in [1.807, 2.05) is 0 Å². The first-order valence-electron chi connectivity index (χ1n) is 7.34. The third kappa shape index (κ3) is 1.90. The van der Waals surface area contributed by atoms with Gasteiger partial charge in [0.15, 0.2) is 11.6 Å². The molecular weight excluding hydrogens is 256 g/mol. The summed E-state index contributed by atoms with van der Waals surface area (Å²) in [6.45, 7) is 0.547. The maximum atomic E-state index is 12.7. The molecule has 1 aromatic heterocycles. The Balaban J connectivity index is 1.70. The van der Waals surface area contributed by atoms with E-state index in [0.29, 0.717) is 29.8 Å². The second-order valence-electron chi connectivity index (χ2n) is 6.31. The molecule has 0 radical (unpaired) electrons. The third-order valence-corrected chi connectivity index (χ3v) is 4.51. The van der Waals surface area contributed by atoms with Crippen LogP contribution < -0.4 is 5.73 Å². The third-order valence-electron chi connectivity index (χ3n) is 4.51. The van der Waals surface area contributed by atoms with Crippen molar-refractivity contribution in [1.29, 1.82) is 0 Å². The summed E-state index contributed by atoms with van der Waals surface area (Å²) in [6, 6.07) is 0. The van der Waals surface area contributed by atoms with Crippen molar-refractivity contribution in [2.45, 2.75) is 38.0 Å². The van der Waals surface area contributed by atoms with E-state index in [1.165, 1.54) is 17.7 Å². The van der Waals surface area contributed by atoms with Crippen LogP contribution in [-0.4, -0.2) is 33.2 Å². The van der Waals surface area contributed by atoms with E-state index in [2.05, 4.69) is 9.97 Å². The average Bonchev–Trinajstić information content (AvgIpc) is 3.31. The van der Waals surface area contributed by atoms with Crippen molar-refractivity contribution < 1.29 is 9.59 Å². The van der Waals surface area contributed by atoms with Crippen molar-refractivity contribution in [3.8, 4) is 0 Å². The molecule has 4 rings (SSSR count). The van der Waals surface area contributed by atoms with E-state index in [0.717, 1.165) is 19.3 Å². The lowest BCUT2D eigenvalue weighted by molar-refractivity contribution is -0.131. The topological polar surface area (TPSA) is 92.1 Å². The number of H-pyrrole nitrogens is 1. The van der Waals surface area contributed by atoms with Gasteiger partial charge in [-0.05, 0) is 31.1 Å². The number of nitrogen functional groups attached to an aromatic ring is 1. The molecule has 1 aliphatic heterocycles. The lowest BCUT2D eigenvalue weighted by Gasteiger charge is -2.30. The first-order valence-corrected chi connectivity index (χ1v) is 7.34.